The summed E-state index contributed by atoms with van der Waals surface area (Å²) in [5.41, 5.74) is 0. The van der Waals surface area contributed by atoms with Gasteiger partial charge in [-0.15, -0.1) is 0 Å². The monoisotopic (exact) mass is 188 g/mol. The van der Waals surface area contributed by atoms with E-state index >= 15 is 0 Å². The number of rotatable bonds is 5. The quantitative estimate of drug-likeness (QED) is 0.490. The Kier molecular flexibility index (Phi) is 5.21. The molecule has 3 heteroatoms. The molecule has 72 valence electrons. The summed E-state index contributed by atoms with van der Waals surface area (Å²) in [6, 6.07) is 2.30. The maximum atomic E-state index is 11.0. The molecular formula is C9H20O2Si. The van der Waals surface area contributed by atoms with Gasteiger partial charge in [0, 0.05) is 14.5 Å². The molecule has 0 unspecified atom stereocenters. The maximum absolute atomic E-state index is 11.0. The van der Waals surface area contributed by atoms with Gasteiger partial charge < -0.3 is 4.74 Å². The van der Waals surface area contributed by atoms with Gasteiger partial charge in [-0.3, -0.25) is 4.79 Å². The number of carbonyl (C=O) groups excluding carboxylic acids is 1. The number of esters is 1. The lowest BCUT2D eigenvalue weighted by molar-refractivity contribution is -0.142. The second kappa shape index (κ2) is 5.35. The summed E-state index contributed by atoms with van der Waals surface area (Å²) in [6.07, 6.45) is 0.612. The summed E-state index contributed by atoms with van der Waals surface area (Å²) in [7, 11) is -1.07. The van der Waals surface area contributed by atoms with E-state index in [2.05, 4.69) is 20.0 Å². The molecule has 0 amide bonds. The topological polar surface area (TPSA) is 26.3 Å². The van der Waals surface area contributed by atoms with E-state index in [1.54, 1.807) is 0 Å². The normalized spacial score (nSPS) is 11.3. The highest BCUT2D eigenvalue weighted by Gasteiger charge is 2.19. The highest BCUT2D eigenvalue weighted by molar-refractivity contribution is 6.77. The predicted molar refractivity (Wildman–Crippen MR) is 54.0 cm³/mol. The molecule has 0 fully saturated rings. The molecule has 0 aromatic rings. The molecule has 0 aromatic carbocycles. The first-order valence-corrected chi connectivity index (χ1v) is 8.09. The minimum atomic E-state index is -1.07. The van der Waals surface area contributed by atoms with Crippen LogP contribution in [0.2, 0.25) is 25.2 Å². The van der Waals surface area contributed by atoms with E-state index in [1.807, 2.05) is 6.92 Å². The smallest absolute Gasteiger partial charge is 0.305 e. The molecule has 0 aliphatic heterocycles. The maximum Gasteiger partial charge on any atom is 0.305 e. The third-order valence-corrected chi connectivity index (χ3v) is 5.79. The lowest BCUT2D eigenvalue weighted by atomic mass is 10.5. The van der Waals surface area contributed by atoms with Crippen molar-refractivity contribution < 1.29 is 9.53 Å². The summed E-state index contributed by atoms with van der Waals surface area (Å²) in [5.74, 6) is -0.0356. The van der Waals surface area contributed by atoms with Crippen molar-refractivity contribution in [3.63, 3.8) is 0 Å². The van der Waals surface area contributed by atoms with E-state index in [4.69, 9.17) is 4.74 Å². The minimum absolute atomic E-state index is 0.0356. The highest BCUT2D eigenvalue weighted by Crippen LogP contribution is 2.16. The second-order valence-electron chi connectivity index (χ2n) is 3.82. The Labute approximate surface area is 76.3 Å². The molecule has 12 heavy (non-hydrogen) atoms. The lowest BCUT2D eigenvalue weighted by Crippen LogP contribution is -2.24. The Bertz CT molecular complexity index is 143. The van der Waals surface area contributed by atoms with Crippen molar-refractivity contribution in [3.05, 3.63) is 0 Å². The zero-order valence-corrected chi connectivity index (χ0v) is 9.64. The van der Waals surface area contributed by atoms with E-state index < -0.39 is 8.07 Å². The van der Waals surface area contributed by atoms with E-state index in [1.165, 1.54) is 6.04 Å². The van der Waals surface area contributed by atoms with Crippen molar-refractivity contribution in [2.45, 2.75) is 45.5 Å². The lowest BCUT2D eigenvalue weighted by Gasteiger charge is -2.18. The van der Waals surface area contributed by atoms with Gasteiger partial charge in [-0.25, -0.2) is 0 Å². The first-order valence-electron chi connectivity index (χ1n) is 4.67. The van der Waals surface area contributed by atoms with Crippen molar-refractivity contribution in [1.82, 2.24) is 0 Å². The van der Waals surface area contributed by atoms with Crippen molar-refractivity contribution in [2.75, 3.05) is 6.61 Å². The number of ether oxygens (including phenoxy) is 1. The van der Waals surface area contributed by atoms with Crippen molar-refractivity contribution in [3.8, 4) is 0 Å². The molecule has 0 saturated heterocycles. The van der Waals surface area contributed by atoms with E-state index in [-0.39, 0.29) is 5.97 Å². The van der Waals surface area contributed by atoms with Crippen molar-refractivity contribution in [1.29, 1.82) is 0 Å². The molecule has 0 spiro atoms. The molecule has 0 saturated carbocycles. The molecule has 0 aliphatic carbocycles. The van der Waals surface area contributed by atoms with Gasteiger partial charge in [-0.2, -0.15) is 0 Å². The van der Waals surface area contributed by atoms with Gasteiger partial charge >= 0.3 is 5.97 Å². The van der Waals surface area contributed by atoms with Crippen LogP contribution in [0.5, 0.6) is 0 Å². The third kappa shape index (κ3) is 5.35. The van der Waals surface area contributed by atoms with Crippen LogP contribution >= 0.6 is 0 Å². The fourth-order valence-corrected chi connectivity index (χ4v) is 2.08. The summed E-state index contributed by atoms with van der Waals surface area (Å²) >= 11 is 0. The third-order valence-electron chi connectivity index (χ3n) is 2.27. The Balaban J connectivity index is 3.60. The Hall–Kier alpha value is -0.313. The van der Waals surface area contributed by atoms with Crippen LogP contribution in [0.25, 0.3) is 0 Å². The summed E-state index contributed by atoms with van der Waals surface area (Å²) in [5, 5.41) is 0. The summed E-state index contributed by atoms with van der Waals surface area (Å²) < 4.78 is 4.87. The van der Waals surface area contributed by atoms with Gasteiger partial charge in [0.05, 0.1) is 6.61 Å². The first kappa shape index (κ1) is 11.7. The van der Waals surface area contributed by atoms with Crippen LogP contribution in [0.15, 0.2) is 0 Å². The summed E-state index contributed by atoms with van der Waals surface area (Å²) in [6.45, 7) is 9.18. The highest BCUT2D eigenvalue weighted by atomic mass is 28.3. The SMILES string of the molecule is CCOC(=O)CC[Si](C)(C)CC. The molecule has 0 N–H and O–H groups in total. The van der Waals surface area contributed by atoms with Gasteiger partial charge in [-0.1, -0.05) is 26.1 Å². The average Bonchev–Trinajstić information content (AvgIpc) is 2.02. The predicted octanol–water partition coefficient (Wildman–Crippen LogP) is 2.67. The van der Waals surface area contributed by atoms with Gasteiger partial charge in [0.25, 0.3) is 0 Å². The molecule has 0 bridgehead atoms. The van der Waals surface area contributed by atoms with Crippen LogP contribution < -0.4 is 0 Å². The number of hydrogen-bond donors (Lipinski definition) is 0. The average molecular weight is 188 g/mol. The standard InChI is InChI=1S/C9H20O2Si/c1-5-11-9(10)7-8-12(3,4)6-2/h5-8H2,1-4H3. The molecule has 0 heterocycles. The van der Waals surface area contributed by atoms with Gasteiger partial charge in [0.2, 0.25) is 0 Å². The molecule has 0 atom stereocenters. The van der Waals surface area contributed by atoms with Crippen LogP contribution in [0.4, 0.5) is 0 Å². The minimum Gasteiger partial charge on any atom is -0.466 e. The molecule has 0 radical (unpaired) electrons. The number of carbonyl (C=O) groups is 1. The van der Waals surface area contributed by atoms with Gasteiger partial charge in [-0.05, 0) is 13.0 Å². The van der Waals surface area contributed by atoms with E-state index in [0.29, 0.717) is 13.0 Å². The van der Waals surface area contributed by atoms with Crippen molar-refractivity contribution >= 4 is 14.0 Å². The zero-order chi connectivity index (χ0) is 9.61. The fourth-order valence-electron chi connectivity index (χ4n) is 0.850. The van der Waals surface area contributed by atoms with Gasteiger partial charge in [0.1, 0.15) is 0 Å². The molecule has 0 rings (SSSR count). The molecule has 2 nitrogen and oxygen atoms in total. The van der Waals surface area contributed by atoms with E-state index in [9.17, 15) is 4.79 Å². The molecule has 0 aromatic heterocycles. The van der Waals surface area contributed by atoms with E-state index in [0.717, 1.165) is 6.04 Å². The summed E-state index contributed by atoms with van der Waals surface area (Å²) in [4.78, 5) is 11.0. The Morgan fingerprint density at radius 1 is 1.33 bits per heavy atom. The molecule has 0 aliphatic rings. The zero-order valence-electron chi connectivity index (χ0n) is 8.64. The van der Waals surface area contributed by atoms with Crippen LogP contribution in [0, 0.1) is 0 Å². The van der Waals surface area contributed by atoms with Crippen molar-refractivity contribution in [2.24, 2.45) is 0 Å². The van der Waals surface area contributed by atoms with Gasteiger partial charge in [0.15, 0.2) is 0 Å². The van der Waals surface area contributed by atoms with Crippen LogP contribution in [-0.4, -0.2) is 20.7 Å². The fraction of sp³-hybridized carbons (Fsp3) is 0.889. The van der Waals surface area contributed by atoms with Crippen LogP contribution in [-0.2, 0) is 9.53 Å². The Morgan fingerprint density at radius 3 is 2.33 bits per heavy atom. The second-order valence-corrected chi connectivity index (χ2v) is 9.36. The number of hydrogen-bond acceptors (Lipinski definition) is 2. The van der Waals surface area contributed by atoms with Crippen LogP contribution in [0.3, 0.4) is 0 Å². The largest absolute Gasteiger partial charge is 0.466 e. The molecular weight excluding hydrogens is 168 g/mol. The Morgan fingerprint density at radius 2 is 1.92 bits per heavy atom. The first-order chi connectivity index (χ1) is 5.52. The van der Waals surface area contributed by atoms with Crippen LogP contribution in [0.1, 0.15) is 20.3 Å².